The zero-order chi connectivity index (χ0) is 13.2. The van der Waals surface area contributed by atoms with Crippen LogP contribution in [0, 0.1) is 6.92 Å². The Balaban J connectivity index is 1.89. The molecule has 0 spiro atoms. The number of benzene rings is 1. The molecule has 7 heteroatoms. The van der Waals surface area contributed by atoms with Crippen LogP contribution in [-0.2, 0) is 0 Å². The summed E-state index contributed by atoms with van der Waals surface area (Å²) < 4.78 is 1.26. The third-order valence-corrected chi connectivity index (χ3v) is 2.87. The highest BCUT2D eigenvalue weighted by Gasteiger charge is 2.05. The molecule has 7 nitrogen and oxygen atoms in total. The maximum atomic E-state index is 5.57. The second kappa shape index (κ2) is 4.45. The molecule has 3 rings (SSSR count). The molecule has 2 heterocycles. The van der Waals surface area contributed by atoms with Gasteiger partial charge in [-0.25, -0.2) is 10.1 Å². The standard InChI is InChI=1S/C12H13N7/c1-8-10(9-4-2-3-5-11(9)16-8)6-14-17-12-18-15-7-19(12)13/h2-7,16H,13H2,1H3,(H,17,18)/b14-6-. The van der Waals surface area contributed by atoms with E-state index in [1.54, 1.807) is 6.21 Å². The zero-order valence-electron chi connectivity index (χ0n) is 10.3. The van der Waals surface area contributed by atoms with E-state index in [0.29, 0.717) is 5.95 Å². The summed E-state index contributed by atoms with van der Waals surface area (Å²) >= 11 is 0. The highest BCUT2D eigenvalue weighted by atomic mass is 15.5. The summed E-state index contributed by atoms with van der Waals surface area (Å²) in [5.41, 5.74) is 5.92. The molecule has 3 aromatic rings. The van der Waals surface area contributed by atoms with Gasteiger partial charge in [0.1, 0.15) is 6.33 Å². The number of aryl methyl sites for hydroxylation is 1. The van der Waals surface area contributed by atoms with Gasteiger partial charge in [-0.2, -0.15) is 5.10 Å². The zero-order valence-corrected chi connectivity index (χ0v) is 10.3. The van der Waals surface area contributed by atoms with Crippen molar-refractivity contribution < 1.29 is 0 Å². The fraction of sp³-hybridized carbons (Fsp3) is 0.0833. The molecule has 0 bridgehead atoms. The number of fused-ring (bicyclic) bond motifs is 1. The first-order valence-corrected chi connectivity index (χ1v) is 5.77. The fourth-order valence-electron chi connectivity index (χ4n) is 1.94. The van der Waals surface area contributed by atoms with Gasteiger partial charge in [0.05, 0.1) is 6.21 Å². The summed E-state index contributed by atoms with van der Waals surface area (Å²) in [6.45, 7) is 2.01. The Kier molecular flexibility index (Phi) is 2.64. The first-order chi connectivity index (χ1) is 9.25. The summed E-state index contributed by atoms with van der Waals surface area (Å²) in [5, 5.41) is 12.7. The van der Waals surface area contributed by atoms with Gasteiger partial charge in [0.25, 0.3) is 5.95 Å². The molecule has 0 unspecified atom stereocenters. The molecule has 2 aromatic heterocycles. The Morgan fingerprint density at radius 3 is 3.05 bits per heavy atom. The van der Waals surface area contributed by atoms with Gasteiger partial charge in [-0.1, -0.05) is 18.2 Å². The Labute approximate surface area is 109 Å². The third-order valence-electron chi connectivity index (χ3n) is 2.87. The number of anilines is 1. The summed E-state index contributed by atoms with van der Waals surface area (Å²) in [4.78, 5) is 3.31. The van der Waals surface area contributed by atoms with Crippen molar-refractivity contribution in [1.29, 1.82) is 0 Å². The molecule has 0 radical (unpaired) electrons. The van der Waals surface area contributed by atoms with E-state index in [4.69, 9.17) is 5.84 Å². The number of aromatic nitrogens is 4. The van der Waals surface area contributed by atoms with E-state index in [-0.39, 0.29) is 0 Å². The quantitative estimate of drug-likeness (QED) is 0.372. The van der Waals surface area contributed by atoms with Crippen molar-refractivity contribution in [1.82, 2.24) is 19.9 Å². The average Bonchev–Trinajstić information content (AvgIpc) is 2.94. The van der Waals surface area contributed by atoms with Crippen LogP contribution in [0.4, 0.5) is 5.95 Å². The van der Waals surface area contributed by atoms with E-state index in [1.165, 1.54) is 11.0 Å². The number of hydrogen-bond acceptors (Lipinski definition) is 5. The number of rotatable bonds is 3. The summed E-state index contributed by atoms with van der Waals surface area (Å²) in [7, 11) is 0. The number of H-pyrrole nitrogens is 1. The van der Waals surface area contributed by atoms with Crippen molar-refractivity contribution >= 4 is 23.1 Å². The molecular weight excluding hydrogens is 242 g/mol. The number of nitrogens with zero attached hydrogens (tertiary/aromatic N) is 4. The minimum Gasteiger partial charge on any atom is -0.358 e. The van der Waals surface area contributed by atoms with Crippen LogP contribution < -0.4 is 11.3 Å². The Hall–Kier alpha value is -2.83. The number of nitrogens with one attached hydrogen (secondary N) is 2. The lowest BCUT2D eigenvalue weighted by Crippen LogP contribution is -2.10. The van der Waals surface area contributed by atoms with Gasteiger partial charge in [-0.05, 0) is 13.0 Å². The fourth-order valence-corrected chi connectivity index (χ4v) is 1.94. The molecule has 19 heavy (non-hydrogen) atoms. The van der Waals surface area contributed by atoms with Crippen LogP contribution in [0.25, 0.3) is 10.9 Å². The van der Waals surface area contributed by atoms with Gasteiger partial charge in [-0.3, -0.25) is 0 Å². The number of hydrazone groups is 1. The lowest BCUT2D eigenvalue weighted by molar-refractivity contribution is 0.988. The molecule has 0 fully saturated rings. The lowest BCUT2D eigenvalue weighted by Gasteiger charge is -1.97. The van der Waals surface area contributed by atoms with Gasteiger partial charge >= 0.3 is 0 Å². The molecule has 0 aliphatic rings. The van der Waals surface area contributed by atoms with E-state index in [2.05, 4.69) is 25.7 Å². The second-order valence-corrected chi connectivity index (χ2v) is 4.14. The summed E-state index contributed by atoms with van der Waals surface area (Å²) in [6, 6.07) is 8.07. The highest BCUT2D eigenvalue weighted by Crippen LogP contribution is 2.19. The van der Waals surface area contributed by atoms with Crippen molar-refractivity contribution in [3.05, 3.63) is 41.9 Å². The van der Waals surface area contributed by atoms with Gasteiger partial charge in [0.15, 0.2) is 0 Å². The van der Waals surface area contributed by atoms with E-state index in [0.717, 1.165) is 22.2 Å². The number of hydrogen-bond donors (Lipinski definition) is 3. The van der Waals surface area contributed by atoms with Crippen molar-refractivity contribution in [2.45, 2.75) is 6.92 Å². The maximum Gasteiger partial charge on any atom is 0.263 e. The summed E-state index contributed by atoms with van der Waals surface area (Å²) in [6.07, 6.45) is 3.14. The first-order valence-electron chi connectivity index (χ1n) is 5.77. The van der Waals surface area contributed by atoms with Crippen LogP contribution in [0.1, 0.15) is 11.3 Å². The van der Waals surface area contributed by atoms with Crippen molar-refractivity contribution in [3.8, 4) is 0 Å². The smallest absolute Gasteiger partial charge is 0.263 e. The van der Waals surface area contributed by atoms with Crippen LogP contribution in [0.5, 0.6) is 0 Å². The number of para-hydroxylation sites is 1. The van der Waals surface area contributed by atoms with E-state index < -0.39 is 0 Å². The minimum atomic E-state index is 0.383. The molecule has 0 amide bonds. The molecule has 0 aliphatic heterocycles. The molecule has 4 N–H and O–H groups in total. The minimum absolute atomic E-state index is 0.383. The molecule has 0 aliphatic carbocycles. The van der Waals surface area contributed by atoms with Gasteiger partial charge < -0.3 is 10.8 Å². The van der Waals surface area contributed by atoms with Crippen LogP contribution in [0.3, 0.4) is 0 Å². The SMILES string of the molecule is Cc1[nH]c2ccccc2c1/C=N\Nc1nncn1N. The number of aromatic amines is 1. The van der Waals surface area contributed by atoms with Gasteiger partial charge in [0.2, 0.25) is 0 Å². The van der Waals surface area contributed by atoms with E-state index in [1.807, 2.05) is 31.2 Å². The lowest BCUT2D eigenvalue weighted by atomic mass is 10.1. The molecule has 0 atom stereocenters. The van der Waals surface area contributed by atoms with Crippen LogP contribution >= 0.6 is 0 Å². The van der Waals surface area contributed by atoms with Crippen LogP contribution in [-0.4, -0.2) is 26.1 Å². The monoisotopic (exact) mass is 255 g/mol. The maximum absolute atomic E-state index is 5.57. The first kappa shape index (κ1) is 11.3. The molecule has 0 saturated carbocycles. The van der Waals surface area contributed by atoms with Gasteiger partial charge in [0, 0.05) is 22.2 Å². The summed E-state index contributed by atoms with van der Waals surface area (Å²) in [5.74, 6) is 5.95. The van der Waals surface area contributed by atoms with Gasteiger partial charge in [-0.15, -0.1) is 10.2 Å². The van der Waals surface area contributed by atoms with Crippen molar-refractivity contribution in [3.63, 3.8) is 0 Å². The van der Waals surface area contributed by atoms with Crippen LogP contribution in [0.2, 0.25) is 0 Å². The average molecular weight is 255 g/mol. The Bertz CT molecular complexity index is 737. The second-order valence-electron chi connectivity index (χ2n) is 4.14. The topological polar surface area (TPSA) is 96.9 Å². The van der Waals surface area contributed by atoms with Crippen LogP contribution in [0.15, 0.2) is 35.7 Å². The normalized spacial score (nSPS) is 11.4. The highest BCUT2D eigenvalue weighted by molar-refractivity contribution is 6.00. The Morgan fingerprint density at radius 1 is 1.42 bits per heavy atom. The van der Waals surface area contributed by atoms with Crippen molar-refractivity contribution in [2.24, 2.45) is 5.10 Å². The Morgan fingerprint density at radius 2 is 2.26 bits per heavy atom. The largest absolute Gasteiger partial charge is 0.358 e. The molecule has 0 saturated heterocycles. The molecular formula is C12H13N7. The molecule has 1 aromatic carbocycles. The third kappa shape index (κ3) is 2.01. The number of nitrogen functional groups attached to an aromatic ring is 1. The van der Waals surface area contributed by atoms with E-state index in [9.17, 15) is 0 Å². The predicted molar refractivity (Wildman–Crippen MR) is 74.4 cm³/mol. The molecule has 96 valence electrons. The predicted octanol–water partition coefficient (Wildman–Crippen LogP) is 1.23. The van der Waals surface area contributed by atoms with E-state index >= 15 is 0 Å². The number of nitrogens with two attached hydrogens (primary N) is 1. The van der Waals surface area contributed by atoms with Crippen molar-refractivity contribution in [2.75, 3.05) is 11.3 Å².